The largest absolute Gasteiger partial charge is 0.275 e. The van der Waals surface area contributed by atoms with Gasteiger partial charge in [-0.05, 0) is 18.2 Å². The average molecular weight is 278 g/mol. The first-order valence-electron chi connectivity index (χ1n) is 3.54. The molecule has 0 fully saturated rings. The minimum Gasteiger partial charge on any atom is -0.267 e. The number of nitrogens with two attached hydrogens (primary N) is 1. The van der Waals surface area contributed by atoms with Crippen LogP contribution in [-0.2, 0) is 0 Å². The maximum Gasteiger partial charge on any atom is 0.275 e. The van der Waals surface area contributed by atoms with Crippen LogP contribution in [0.4, 0.5) is 0 Å². The van der Waals surface area contributed by atoms with Gasteiger partial charge in [0.25, 0.3) is 11.8 Å². The average Bonchev–Trinajstić information content (AvgIpc) is 2.32. The molecule has 1 aromatic rings. The Bertz CT molecular complexity index is 422. The third kappa shape index (κ3) is 1.43. The van der Waals surface area contributed by atoms with Gasteiger partial charge in [-0.1, -0.05) is 15.9 Å². The molecule has 0 spiro atoms. The zero-order chi connectivity index (χ0) is 9.59. The Morgan fingerprint density at radius 3 is 2.36 bits per heavy atom. The third-order valence-electron chi connectivity index (χ3n) is 1.88. The van der Waals surface area contributed by atoms with Gasteiger partial charge in [0.05, 0.1) is 11.1 Å². The Balaban J connectivity index is 0.000000980. The van der Waals surface area contributed by atoms with E-state index >= 15 is 0 Å². The maximum absolute atomic E-state index is 11.3. The summed E-state index contributed by atoms with van der Waals surface area (Å²) < 4.78 is 0.753. The van der Waals surface area contributed by atoms with Crippen molar-refractivity contribution in [3.05, 3.63) is 33.8 Å². The molecule has 0 bridgehead atoms. The normalized spacial score (nSPS) is 14.0. The van der Waals surface area contributed by atoms with Crippen LogP contribution < -0.4 is 5.84 Å². The molecule has 14 heavy (non-hydrogen) atoms. The summed E-state index contributed by atoms with van der Waals surface area (Å²) in [5, 5.41) is 0.622. The molecule has 0 aliphatic carbocycles. The van der Waals surface area contributed by atoms with E-state index in [-0.39, 0.29) is 12.4 Å². The molecule has 1 aliphatic heterocycles. The van der Waals surface area contributed by atoms with E-state index in [1.807, 2.05) is 0 Å². The zero-order valence-corrected chi connectivity index (χ0v) is 9.26. The molecule has 0 unspecified atom stereocenters. The van der Waals surface area contributed by atoms with Crippen LogP contribution in [0.5, 0.6) is 0 Å². The number of carbonyl (C=O) groups is 2. The van der Waals surface area contributed by atoms with Crippen LogP contribution in [0.2, 0.25) is 0 Å². The Kier molecular flexibility index (Phi) is 2.94. The van der Waals surface area contributed by atoms with Gasteiger partial charge in [-0.3, -0.25) is 9.59 Å². The lowest BCUT2D eigenvalue weighted by Crippen LogP contribution is -2.36. The number of benzene rings is 1. The SMILES string of the molecule is Cl.NN1C(=O)c2ccc(Br)cc2C1=O. The summed E-state index contributed by atoms with van der Waals surface area (Å²) in [6.45, 7) is 0. The molecule has 0 radical (unpaired) electrons. The summed E-state index contributed by atoms with van der Waals surface area (Å²) in [5.41, 5.74) is 0.706. The highest BCUT2D eigenvalue weighted by Gasteiger charge is 2.33. The number of rotatable bonds is 0. The van der Waals surface area contributed by atoms with Crippen molar-refractivity contribution in [2.45, 2.75) is 0 Å². The summed E-state index contributed by atoms with van der Waals surface area (Å²) >= 11 is 3.21. The van der Waals surface area contributed by atoms with Crippen molar-refractivity contribution in [2.24, 2.45) is 5.84 Å². The Morgan fingerprint density at radius 1 is 1.14 bits per heavy atom. The molecular weight excluding hydrogens is 271 g/mol. The van der Waals surface area contributed by atoms with Crippen LogP contribution in [0, 0.1) is 0 Å². The number of nitrogens with zero attached hydrogens (tertiary/aromatic N) is 1. The second-order valence-electron chi connectivity index (χ2n) is 2.67. The molecule has 2 amide bonds. The van der Waals surface area contributed by atoms with Gasteiger partial charge in [0, 0.05) is 4.47 Å². The topological polar surface area (TPSA) is 63.4 Å². The molecule has 6 heteroatoms. The second kappa shape index (κ2) is 3.68. The predicted molar refractivity (Wildman–Crippen MR) is 56.1 cm³/mol. The van der Waals surface area contributed by atoms with Crippen molar-refractivity contribution in [1.82, 2.24) is 5.01 Å². The fourth-order valence-electron chi connectivity index (χ4n) is 1.23. The molecule has 0 saturated heterocycles. The van der Waals surface area contributed by atoms with E-state index in [1.165, 1.54) is 0 Å². The highest BCUT2D eigenvalue weighted by atomic mass is 79.9. The molecule has 0 saturated carbocycles. The molecule has 1 heterocycles. The van der Waals surface area contributed by atoms with E-state index in [1.54, 1.807) is 18.2 Å². The summed E-state index contributed by atoms with van der Waals surface area (Å²) in [6.07, 6.45) is 0. The van der Waals surface area contributed by atoms with Gasteiger partial charge in [0.2, 0.25) is 0 Å². The minimum absolute atomic E-state index is 0. The molecule has 1 aliphatic rings. The lowest BCUT2D eigenvalue weighted by molar-refractivity contribution is 0.0654. The van der Waals surface area contributed by atoms with Gasteiger partial charge in [0.15, 0.2) is 0 Å². The van der Waals surface area contributed by atoms with Crippen molar-refractivity contribution in [1.29, 1.82) is 0 Å². The first-order valence-corrected chi connectivity index (χ1v) is 4.33. The van der Waals surface area contributed by atoms with E-state index in [4.69, 9.17) is 5.84 Å². The summed E-state index contributed by atoms with van der Waals surface area (Å²) in [5.74, 6) is 4.33. The van der Waals surface area contributed by atoms with Crippen molar-refractivity contribution in [3.8, 4) is 0 Å². The van der Waals surface area contributed by atoms with E-state index < -0.39 is 11.8 Å². The van der Waals surface area contributed by atoms with Crippen molar-refractivity contribution in [3.63, 3.8) is 0 Å². The summed E-state index contributed by atoms with van der Waals surface area (Å²) in [4.78, 5) is 22.6. The summed E-state index contributed by atoms with van der Waals surface area (Å²) in [7, 11) is 0. The van der Waals surface area contributed by atoms with Gasteiger partial charge in [-0.2, -0.15) is 0 Å². The Labute approximate surface area is 94.6 Å². The fourth-order valence-corrected chi connectivity index (χ4v) is 1.59. The van der Waals surface area contributed by atoms with Crippen LogP contribution in [-0.4, -0.2) is 16.8 Å². The molecule has 4 nitrogen and oxygen atoms in total. The first-order chi connectivity index (χ1) is 6.11. The standard InChI is InChI=1S/C8H5BrN2O2.ClH/c9-4-1-2-5-6(3-4)8(13)11(10)7(5)12;/h1-3H,10H2;1H. The number of amides is 2. The van der Waals surface area contributed by atoms with E-state index in [0.717, 1.165) is 4.47 Å². The van der Waals surface area contributed by atoms with E-state index in [0.29, 0.717) is 16.1 Å². The monoisotopic (exact) mass is 276 g/mol. The van der Waals surface area contributed by atoms with Gasteiger partial charge in [0.1, 0.15) is 0 Å². The van der Waals surface area contributed by atoms with Crippen LogP contribution in [0.15, 0.2) is 22.7 Å². The van der Waals surface area contributed by atoms with Crippen LogP contribution >= 0.6 is 28.3 Å². The number of hydrogen-bond acceptors (Lipinski definition) is 3. The van der Waals surface area contributed by atoms with Crippen molar-refractivity contribution >= 4 is 40.2 Å². The van der Waals surface area contributed by atoms with Gasteiger partial charge in [-0.25, -0.2) is 10.9 Å². The number of hydrogen-bond donors (Lipinski definition) is 1. The molecule has 0 aromatic heterocycles. The molecule has 0 atom stereocenters. The smallest absolute Gasteiger partial charge is 0.267 e. The second-order valence-corrected chi connectivity index (χ2v) is 3.59. The highest BCUT2D eigenvalue weighted by Crippen LogP contribution is 2.23. The number of hydrazine groups is 1. The lowest BCUT2D eigenvalue weighted by Gasteiger charge is -2.01. The van der Waals surface area contributed by atoms with Crippen LogP contribution in [0.1, 0.15) is 20.7 Å². The molecular formula is C8H6BrClN2O2. The quantitative estimate of drug-likeness (QED) is 0.442. The first kappa shape index (κ1) is 11.2. The van der Waals surface area contributed by atoms with Crippen molar-refractivity contribution < 1.29 is 9.59 Å². The van der Waals surface area contributed by atoms with Crippen LogP contribution in [0.3, 0.4) is 0 Å². The molecule has 1 aromatic carbocycles. The van der Waals surface area contributed by atoms with Gasteiger partial charge in [-0.15, -0.1) is 12.4 Å². The minimum atomic E-state index is -0.457. The van der Waals surface area contributed by atoms with Crippen molar-refractivity contribution in [2.75, 3.05) is 0 Å². The summed E-state index contributed by atoms with van der Waals surface area (Å²) in [6, 6.07) is 4.86. The number of imide groups is 1. The highest BCUT2D eigenvalue weighted by molar-refractivity contribution is 9.10. The third-order valence-corrected chi connectivity index (χ3v) is 2.37. The lowest BCUT2D eigenvalue weighted by atomic mass is 10.1. The predicted octanol–water partition coefficient (Wildman–Crippen LogP) is 1.34. The molecule has 2 rings (SSSR count). The van der Waals surface area contributed by atoms with Gasteiger partial charge < -0.3 is 0 Å². The zero-order valence-electron chi connectivity index (χ0n) is 6.86. The number of carbonyl (C=O) groups excluding carboxylic acids is 2. The maximum atomic E-state index is 11.3. The van der Waals surface area contributed by atoms with E-state index in [2.05, 4.69) is 15.9 Å². The van der Waals surface area contributed by atoms with E-state index in [9.17, 15) is 9.59 Å². The Morgan fingerprint density at radius 2 is 1.71 bits per heavy atom. The molecule has 2 N–H and O–H groups in total. The number of halogens is 2. The fraction of sp³-hybridized carbons (Fsp3) is 0. The number of fused-ring (bicyclic) bond motifs is 1. The molecule has 74 valence electrons. The van der Waals surface area contributed by atoms with Crippen LogP contribution in [0.25, 0.3) is 0 Å². The van der Waals surface area contributed by atoms with Gasteiger partial charge >= 0.3 is 0 Å². The Hall–Kier alpha value is -0.910.